The summed E-state index contributed by atoms with van der Waals surface area (Å²) in [4.78, 5) is 8.04. The van der Waals surface area contributed by atoms with Crippen molar-refractivity contribution in [3.8, 4) is 6.07 Å². The number of nitrogens with zero attached hydrogens (tertiary/aromatic N) is 2. The Bertz CT molecular complexity index is 830. The highest BCUT2D eigenvalue weighted by Crippen LogP contribution is 2.21. The van der Waals surface area contributed by atoms with Crippen molar-refractivity contribution in [3.63, 3.8) is 0 Å². The molecule has 3 aromatic rings. The van der Waals surface area contributed by atoms with E-state index in [1.54, 1.807) is 18.5 Å². The summed E-state index contributed by atoms with van der Waals surface area (Å²) in [6.45, 7) is 0. The number of hydrogen-bond acceptors (Lipinski definition) is 5. The fourth-order valence-corrected chi connectivity index (χ4v) is 2.27. The van der Waals surface area contributed by atoms with E-state index in [9.17, 15) is 4.39 Å². The third-order valence-electron chi connectivity index (χ3n) is 3.11. The molecule has 2 heterocycles. The van der Waals surface area contributed by atoms with Gasteiger partial charge in [-0.05, 0) is 35.9 Å². The molecule has 7 heteroatoms. The molecular formula is C17H15FN4OS. The van der Waals surface area contributed by atoms with E-state index in [0.29, 0.717) is 0 Å². The van der Waals surface area contributed by atoms with Crippen LogP contribution in [0.1, 0.15) is 16.8 Å². The first-order valence-electron chi connectivity index (χ1n) is 6.96. The van der Waals surface area contributed by atoms with Crippen LogP contribution < -0.4 is 5.73 Å². The molecule has 1 aromatic carbocycles. The second-order valence-electron chi connectivity index (χ2n) is 4.78. The number of nitrogens with two attached hydrogens (primary N) is 1. The number of pyridine rings is 1. The number of benzene rings is 1. The topological polar surface area (TPSA) is 98.7 Å². The Hall–Kier alpha value is -2.82. The summed E-state index contributed by atoms with van der Waals surface area (Å²) in [5, 5.41) is 8.30. The summed E-state index contributed by atoms with van der Waals surface area (Å²) < 4.78 is 21.5. The molecule has 0 radical (unpaired) electrons. The van der Waals surface area contributed by atoms with Crippen LogP contribution in [-0.4, -0.2) is 14.5 Å². The van der Waals surface area contributed by atoms with Gasteiger partial charge in [0.05, 0.1) is 22.2 Å². The van der Waals surface area contributed by atoms with Crippen LogP contribution >= 0.6 is 12.0 Å². The molecular weight excluding hydrogens is 327 g/mol. The van der Waals surface area contributed by atoms with Crippen LogP contribution in [0.4, 0.5) is 10.1 Å². The highest BCUT2D eigenvalue weighted by Gasteiger charge is 2.04. The molecule has 0 saturated heterocycles. The monoisotopic (exact) mass is 342 g/mol. The summed E-state index contributed by atoms with van der Waals surface area (Å²) >= 11 is 0.762. The van der Waals surface area contributed by atoms with Gasteiger partial charge in [-0.2, -0.15) is 5.26 Å². The normalized spacial score (nSPS) is 9.71. The number of nitriles is 1. The molecule has 3 rings (SSSR count). The number of hydrogen-bond donors (Lipinski definition) is 3. The van der Waals surface area contributed by atoms with Crippen molar-refractivity contribution in [2.45, 2.75) is 11.3 Å². The maximum atomic E-state index is 12.5. The van der Waals surface area contributed by atoms with Crippen LogP contribution in [0.15, 0.2) is 59.9 Å². The van der Waals surface area contributed by atoms with Crippen LogP contribution in [0, 0.1) is 17.1 Å². The Labute approximate surface area is 143 Å². The zero-order valence-corrected chi connectivity index (χ0v) is 13.4. The summed E-state index contributed by atoms with van der Waals surface area (Å²) in [5.74, 6) is -0.543. The number of rotatable bonds is 3. The summed E-state index contributed by atoms with van der Waals surface area (Å²) in [6, 6.07) is 11.6. The van der Waals surface area contributed by atoms with E-state index in [1.807, 2.05) is 24.4 Å². The summed E-state index contributed by atoms with van der Waals surface area (Å²) in [5.41, 5.74) is 7.58. The molecule has 4 N–H and O–H groups in total. The Morgan fingerprint density at radius 2 is 2.12 bits per heavy atom. The number of aromatic nitrogens is 2. The lowest BCUT2D eigenvalue weighted by atomic mass is 10.2. The van der Waals surface area contributed by atoms with E-state index < -0.39 is 5.82 Å². The molecule has 0 aliphatic heterocycles. The standard InChI is InChI=1S/C10H10N2OS.C7H5FN2/c13-14-10-7-11-6-8(10)5-9-3-1-2-4-12-9;8-6-3-5(4-9)1-2-7(6)10/h1-4,6-7,11,13H,5H2;1-3H,10H2. The predicted octanol–water partition coefficient (Wildman–Crippen LogP) is 3.85. The van der Waals surface area contributed by atoms with Crippen LogP contribution in [0.3, 0.4) is 0 Å². The van der Waals surface area contributed by atoms with Crippen molar-refractivity contribution in [1.82, 2.24) is 9.97 Å². The molecule has 0 aliphatic carbocycles. The van der Waals surface area contributed by atoms with E-state index in [4.69, 9.17) is 15.5 Å². The maximum Gasteiger partial charge on any atom is 0.147 e. The molecule has 5 nitrogen and oxygen atoms in total. The zero-order chi connectivity index (χ0) is 17.4. The average Bonchev–Trinajstić information content (AvgIpc) is 3.06. The fourth-order valence-electron chi connectivity index (χ4n) is 1.90. The Kier molecular flexibility index (Phi) is 6.37. The van der Waals surface area contributed by atoms with Gasteiger partial charge in [-0.15, -0.1) is 0 Å². The minimum atomic E-state index is -0.543. The van der Waals surface area contributed by atoms with Gasteiger partial charge in [0.1, 0.15) is 5.82 Å². The minimum Gasteiger partial charge on any atom is -0.396 e. The van der Waals surface area contributed by atoms with Gasteiger partial charge in [-0.3, -0.25) is 4.98 Å². The Balaban J connectivity index is 0.000000185. The van der Waals surface area contributed by atoms with Crippen LogP contribution in [0.5, 0.6) is 0 Å². The smallest absolute Gasteiger partial charge is 0.147 e. The van der Waals surface area contributed by atoms with E-state index in [2.05, 4.69) is 9.97 Å². The number of halogens is 1. The van der Waals surface area contributed by atoms with E-state index in [1.165, 1.54) is 12.1 Å². The molecule has 0 amide bonds. The van der Waals surface area contributed by atoms with Crippen molar-refractivity contribution >= 4 is 17.7 Å². The van der Waals surface area contributed by atoms with Crippen molar-refractivity contribution in [2.24, 2.45) is 0 Å². The molecule has 0 saturated carbocycles. The van der Waals surface area contributed by atoms with Gasteiger partial charge in [0.2, 0.25) is 0 Å². The van der Waals surface area contributed by atoms with Gasteiger partial charge in [0.25, 0.3) is 0 Å². The Morgan fingerprint density at radius 1 is 1.29 bits per heavy atom. The lowest BCUT2D eigenvalue weighted by Crippen LogP contribution is -1.90. The fraction of sp³-hybridized carbons (Fsp3) is 0.0588. The van der Waals surface area contributed by atoms with Crippen LogP contribution in [-0.2, 0) is 6.42 Å². The van der Waals surface area contributed by atoms with Crippen molar-refractivity contribution < 1.29 is 8.94 Å². The second kappa shape index (κ2) is 8.72. The molecule has 0 unspecified atom stereocenters. The molecule has 24 heavy (non-hydrogen) atoms. The lowest BCUT2D eigenvalue weighted by Gasteiger charge is -1.99. The van der Waals surface area contributed by atoms with Gasteiger partial charge < -0.3 is 15.3 Å². The SMILES string of the molecule is N#Cc1ccc(N)c(F)c1.OSc1c[nH]cc1Cc1ccccn1. The summed E-state index contributed by atoms with van der Waals surface area (Å²) in [6.07, 6.45) is 6.18. The molecule has 0 aliphatic rings. The van der Waals surface area contributed by atoms with Crippen molar-refractivity contribution in [3.05, 3.63) is 77.6 Å². The Morgan fingerprint density at radius 3 is 2.75 bits per heavy atom. The van der Waals surface area contributed by atoms with Gasteiger partial charge in [-0.1, -0.05) is 6.07 Å². The molecule has 0 bridgehead atoms. The van der Waals surface area contributed by atoms with E-state index in [-0.39, 0.29) is 11.3 Å². The van der Waals surface area contributed by atoms with Gasteiger partial charge in [0, 0.05) is 42.7 Å². The first kappa shape index (κ1) is 17.5. The minimum absolute atomic E-state index is 0.0685. The highest BCUT2D eigenvalue weighted by atomic mass is 32.2. The first-order valence-corrected chi connectivity index (χ1v) is 7.73. The van der Waals surface area contributed by atoms with E-state index >= 15 is 0 Å². The average molecular weight is 342 g/mol. The van der Waals surface area contributed by atoms with E-state index in [0.717, 1.165) is 40.7 Å². The number of aromatic amines is 1. The lowest BCUT2D eigenvalue weighted by molar-refractivity contribution is 0.632. The first-order chi connectivity index (χ1) is 11.6. The molecule has 0 spiro atoms. The molecule has 0 atom stereocenters. The predicted molar refractivity (Wildman–Crippen MR) is 91.8 cm³/mol. The van der Waals surface area contributed by atoms with Gasteiger partial charge >= 0.3 is 0 Å². The number of H-pyrrole nitrogens is 1. The maximum absolute atomic E-state index is 12.5. The van der Waals surface area contributed by atoms with Gasteiger partial charge in [-0.25, -0.2) is 4.39 Å². The second-order valence-corrected chi connectivity index (χ2v) is 5.40. The van der Waals surface area contributed by atoms with Crippen LogP contribution in [0.25, 0.3) is 0 Å². The number of nitrogen functional groups attached to an aromatic ring is 1. The van der Waals surface area contributed by atoms with Gasteiger partial charge in [0.15, 0.2) is 0 Å². The largest absolute Gasteiger partial charge is 0.396 e. The van der Waals surface area contributed by atoms with Crippen molar-refractivity contribution in [2.75, 3.05) is 5.73 Å². The summed E-state index contributed by atoms with van der Waals surface area (Å²) in [7, 11) is 0. The third-order valence-corrected chi connectivity index (χ3v) is 3.69. The third kappa shape index (κ3) is 4.84. The zero-order valence-electron chi connectivity index (χ0n) is 12.6. The highest BCUT2D eigenvalue weighted by molar-refractivity contribution is 7.93. The van der Waals surface area contributed by atoms with Crippen LogP contribution in [0.2, 0.25) is 0 Å². The quantitative estimate of drug-likeness (QED) is 0.496. The van der Waals surface area contributed by atoms with Crippen molar-refractivity contribution in [1.29, 1.82) is 5.26 Å². The number of nitrogens with one attached hydrogen (secondary N) is 1. The molecule has 0 fully saturated rings. The molecule has 2 aromatic heterocycles. The number of anilines is 1. The molecule has 122 valence electrons.